The van der Waals surface area contributed by atoms with E-state index in [1.165, 1.54) is 0 Å². The largest absolute Gasteiger partial charge is 0.319 e. The first-order valence-corrected chi connectivity index (χ1v) is 9.74. The van der Waals surface area contributed by atoms with Crippen LogP contribution in [0.15, 0.2) is 23.1 Å². The molecule has 22 heavy (non-hydrogen) atoms. The van der Waals surface area contributed by atoms with Crippen molar-refractivity contribution >= 4 is 21.6 Å². The number of aryl methyl sites for hydroxylation is 1. The van der Waals surface area contributed by atoms with Crippen molar-refractivity contribution in [3.05, 3.63) is 28.8 Å². The molecular formula is C16H25ClN2O2S. The molecule has 0 spiro atoms. The van der Waals surface area contributed by atoms with E-state index in [1.54, 1.807) is 16.4 Å². The summed E-state index contributed by atoms with van der Waals surface area (Å²) in [5, 5.41) is 3.48. The third-order valence-corrected chi connectivity index (χ3v) is 6.60. The Morgan fingerprint density at radius 1 is 1.32 bits per heavy atom. The number of rotatable bonds is 6. The van der Waals surface area contributed by atoms with E-state index in [-0.39, 0.29) is 4.90 Å². The lowest BCUT2D eigenvalue weighted by atomic mass is 9.98. The molecular weight excluding hydrogens is 320 g/mol. The number of sulfonamides is 1. The van der Waals surface area contributed by atoms with Crippen LogP contribution in [0.5, 0.6) is 0 Å². The summed E-state index contributed by atoms with van der Waals surface area (Å²) in [6.07, 6.45) is 3.64. The number of hydrogen-bond acceptors (Lipinski definition) is 3. The summed E-state index contributed by atoms with van der Waals surface area (Å²) in [6.45, 7) is 4.17. The summed E-state index contributed by atoms with van der Waals surface area (Å²) in [5.74, 6) is 0.554. The molecule has 1 aromatic carbocycles. The first kappa shape index (κ1) is 17.7. The monoisotopic (exact) mass is 344 g/mol. The van der Waals surface area contributed by atoms with Crippen LogP contribution in [0.1, 0.15) is 31.7 Å². The zero-order valence-electron chi connectivity index (χ0n) is 13.3. The van der Waals surface area contributed by atoms with Crippen LogP contribution in [0.2, 0.25) is 5.02 Å². The van der Waals surface area contributed by atoms with Crippen LogP contribution in [0.4, 0.5) is 0 Å². The molecule has 1 N–H and O–H groups in total. The second-order valence-corrected chi connectivity index (χ2v) is 8.23. The number of halogens is 1. The van der Waals surface area contributed by atoms with E-state index in [1.807, 2.05) is 13.1 Å². The highest BCUT2D eigenvalue weighted by Gasteiger charge is 2.30. The van der Waals surface area contributed by atoms with Gasteiger partial charge in [0.2, 0.25) is 10.0 Å². The van der Waals surface area contributed by atoms with Crippen molar-refractivity contribution in [2.75, 3.05) is 26.7 Å². The fourth-order valence-electron chi connectivity index (χ4n) is 2.97. The molecule has 6 heteroatoms. The number of nitrogens with zero attached hydrogens (tertiary/aromatic N) is 1. The van der Waals surface area contributed by atoms with Gasteiger partial charge in [0, 0.05) is 13.1 Å². The van der Waals surface area contributed by atoms with Crippen LogP contribution in [-0.4, -0.2) is 39.4 Å². The van der Waals surface area contributed by atoms with Crippen LogP contribution in [0, 0.1) is 5.92 Å². The van der Waals surface area contributed by atoms with Crippen LogP contribution < -0.4 is 5.32 Å². The van der Waals surface area contributed by atoms with E-state index in [4.69, 9.17) is 11.6 Å². The minimum Gasteiger partial charge on any atom is -0.319 e. The SMILES string of the molecule is CCCc1ccc(Cl)c(S(=O)(=O)N2CCC(CNC)CC2)c1. The Hall–Kier alpha value is -0.620. The van der Waals surface area contributed by atoms with Gasteiger partial charge in [0.1, 0.15) is 4.90 Å². The normalized spacial score (nSPS) is 17.8. The Morgan fingerprint density at radius 2 is 2.00 bits per heavy atom. The Bertz CT molecular complexity index is 596. The third-order valence-electron chi connectivity index (χ3n) is 4.22. The van der Waals surface area contributed by atoms with Crippen molar-refractivity contribution in [3.8, 4) is 0 Å². The molecule has 0 atom stereocenters. The molecule has 1 aliphatic rings. The van der Waals surface area contributed by atoms with Gasteiger partial charge in [-0.3, -0.25) is 0 Å². The fraction of sp³-hybridized carbons (Fsp3) is 0.625. The van der Waals surface area contributed by atoms with Crippen molar-refractivity contribution < 1.29 is 8.42 Å². The van der Waals surface area contributed by atoms with Crippen molar-refractivity contribution in [1.29, 1.82) is 0 Å². The van der Waals surface area contributed by atoms with Crippen LogP contribution >= 0.6 is 11.6 Å². The lowest BCUT2D eigenvalue weighted by Gasteiger charge is -2.31. The van der Waals surface area contributed by atoms with E-state index in [0.717, 1.165) is 37.8 Å². The second-order valence-electron chi connectivity index (χ2n) is 5.92. The predicted octanol–water partition coefficient (Wildman–Crippen LogP) is 2.91. The highest BCUT2D eigenvalue weighted by Crippen LogP contribution is 2.29. The van der Waals surface area contributed by atoms with E-state index in [9.17, 15) is 8.42 Å². The highest BCUT2D eigenvalue weighted by molar-refractivity contribution is 7.89. The molecule has 0 radical (unpaired) electrons. The van der Waals surface area contributed by atoms with Gasteiger partial charge in [-0.15, -0.1) is 0 Å². The van der Waals surface area contributed by atoms with E-state index in [0.29, 0.717) is 24.0 Å². The highest BCUT2D eigenvalue weighted by atomic mass is 35.5. The molecule has 1 fully saturated rings. The summed E-state index contributed by atoms with van der Waals surface area (Å²) >= 11 is 6.16. The number of piperidine rings is 1. The molecule has 1 aliphatic heterocycles. The Balaban J connectivity index is 2.18. The maximum atomic E-state index is 12.9. The van der Waals surface area contributed by atoms with Gasteiger partial charge < -0.3 is 5.32 Å². The summed E-state index contributed by atoms with van der Waals surface area (Å²) in [5.41, 5.74) is 1.02. The van der Waals surface area contributed by atoms with Gasteiger partial charge in [0.25, 0.3) is 0 Å². The van der Waals surface area contributed by atoms with Gasteiger partial charge in [-0.25, -0.2) is 8.42 Å². The zero-order valence-corrected chi connectivity index (χ0v) is 14.9. The second kappa shape index (κ2) is 7.77. The van der Waals surface area contributed by atoms with Crippen LogP contribution in [0.3, 0.4) is 0 Å². The molecule has 0 aromatic heterocycles. The molecule has 0 bridgehead atoms. The maximum Gasteiger partial charge on any atom is 0.244 e. The average molecular weight is 345 g/mol. The molecule has 1 aromatic rings. The molecule has 0 aliphatic carbocycles. The number of benzene rings is 1. The average Bonchev–Trinajstić information content (AvgIpc) is 2.50. The van der Waals surface area contributed by atoms with Crippen LogP contribution in [0.25, 0.3) is 0 Å². The fourth-order valence-corrected chi connectivity index (χ4v) is 4.97. The summed E-state index contributed by atoms with van der Waals surface area (Å²) in [6, 6.07) is 5.35. The molecule has 0 unspecified atom stereocenters. The summed E-state index contributed by atoms with van der Waals surface area (Å²) in [4.78, 5) is 0.257. The van der Waals surface area contributed by atoms with Crippen molar-refractivity contribution in [2.24, 2.45) is 5.92 Å². The standard InChI is InChI=1S/C16H25ClN2O2S/c1-3-4-13-5-6-15(17)16(11-13)22(20,21)19-9-7-14(8-10-19)12-18-2/h5-6,11,14,18H,3-4,7-10,12H2,1-2H3. The van der Waals surface area contributed by atoms with Gasteiger partial charge in [0.15, 0.2) is 0 Å². The summed E-state index contributed by atoms with van der Waals surface area (Å²) in [7, 11) is -1.56. The minimum atomic E-state index is -3.49. The molecule has 0 saturated carbocycles. The topological polar surface area (TPSA) is 49.4 Å². The van der Waals surface area contributed by atoms with Crippen molar-refractivity contribution in [3.63, 3.8) is 0 Å². The lowest BCUT2D eigenvalue weighted by molar-refractivity contribution is 0.270. The van der Waals surface area contributed by atoms with Crippen molar-refractivity contribution in [2.45, 2.75) is 37.5 Å². The first-order chi connectivity index (χ1) is 10.5. The minimum absolute atomic E-state index is 0.257. The van der Waals surface area contributed by atoms with Gasteiger partial charge in [-0.2, -0.15) is 4.31 Å². The van der Waals surface area contributed by atoms with Gasteiger partial charge in [-0.1, -0.05) is 31.0 Å². The quantitative estimate of drug-likeness (QED) is 0.863. The molecule has 1 saturated heterocycles. The number of nitrogens with one attached hydrogen (secondary N) is 1. The lowest BCUT2D eigenvalue weighted by Crippen LogP contribution is -2.40. The van der Waals surface area contributed by atoms with E-state index >= 15 is 0 Å². The van der Waals surface area contributed by atoms with Gasteiger partial charge >= 0.3 is 0 Å². The van der Waals surface area contributed by atoms with Crippen LogP contribution in [-0.2, 0) is 16.4 Å². The smallest absolute Gasteiger partial charge is 0.244 e. The molecule has 1 heterocycles. The molecule has 4 nitrogen and oxygen atoms in total. The molecule has 0 amide bonds. The summed E-state index contributed by atoms with van der Waals surface area (Å²) < 4.78 is 27.3. The molecule has 124 valence electrons. The van der Waals surface area contributed by atoms with Gasteiger partial charge in [-0.05, 0) is 56.5 Å². The Labute approximate surface area is 138 Å². The van der Waals surface area contributed by atoms with E-state index in [2.05, 4.69) is 12.2 Å². The zero-order chi connectivity index (χ0) is 16.2. The van der Waals surface area contributed by atoms with Gasteiger partial charge in [0.05, 0.1) is 5.02 Å². The Kier molecular flexibility index (Phi) is 6.26. The number of hydrogen-bond donors (Lipinski definition) is 1. The third kappa shape index (κ3) is 4.02. The Morgan fingerprint density at radius 3 is 2.59 bits per heavy atom. The molecule has 2 rings (SSSR count). The van der Waals surface area contributed by atoms with Crippen molar-refractivity contribution in [1.82, 2.24) is 9.62 Å². The predicted molar refractivity (Wildman–Crippen MR) is 90.9 cm³/mol. The maximum absolute atomic E-state index is 12.9. The first-order valence-electron chi connectivity index (χ1n) is 7.92. The van der Waals surface area contributed by atoms with E-state index < -0.39 is 10.0 Å².